The van der Waals surface area contributed by atoms with Crippen molar-refractivity contribution in [3.63, 3.8) is 0 Å². The summed E-state index contributed by atoms with van der Waals surface area (Å²) in [5, 5.41) is 3.88. The third-order valence-corrected chi connectivity index (χ3v) is 2.15. The van der Waals surface area contributed by atoms with Crippen LogP contribution in [0.1, 0.15) is 11.5 Å². The van der Waals surface area contributed by atoms with Crippen LogP contribution in [0.25, 0.3) is 0 Å². The Morgan fingerprint density at radius 1 is 1.35 bits per heavy atom. The fraction of sp³-hybridized carbons (Fsp3) is 0.182. The highest BCUT2D eigenvalue weighted by molar-refractivity contribution is 5.73. The minimum Gasteiger partial charge on any atom is -0.392 e. The molecule has 1 aromatic heterocycles. The zero-order valence-electron chi connectivity index (χ0n) is 9.00. The van der Waals surface area contributed by atoms with Gasteiger partial charge in [-0.3, -0.25) is 4.79 Å². The van der Waals surface area contributed by atoms with Crippen LogP contribution >= 0.6 is 0 Å². The molecule has 0 aliphatic carbocycles. The summed E-state index contributed by atoms with van der Waals surface area (Å²) in [6.45, 7) is -0.267. The maximum Gasteiger partial charge on any atom is 0.437 e. The molecule has 88 valence electrons. The van der Waals surface area contributed by atoms with Gasteiger partial charge in [-0.1, -0.05) is 30.3 Å². The van der Waals surface area contributed by atoms with E-state index in [2.05, 4.69) is 5.10 Å². The first-order valence-corrected chi connectivity index (χ1v) is 5.04. The van der Waals surface area contributed by atoms with Crippen molar-refractivity contribution >= 4 is 5.91 Å². The maximum atomic E-state index is 11.3. The van der Waals surface area contributed by atoms with E-state index in [1.54, 1.807) is 0 Å². The van der Waals surface area contributed by atoms with Gasteiger partial charge in [0.25, 0.3) is 0 Å². The third kappa shape index (κ3) is 2.81. The van der Waals surface area contributed by atoms with E-state index >= 15 is 0 Å². The number of hydrogen-bond acceptors (Lipinski definition) is 4. The molecule has 0 aliphatic rings. The molecule has 0 spiro atoms. The van der Waals surface area contributed by atoms with Crippen molar-refractivity contribution in [1.82, 2.24) is 9.78 Å². The number of aromatic nitrogens is 2. The number of carbonyl (C=O) groups is 1. The molecule has 0 atom stereocenters. The van der Waals surface area contributed by atoms with E-state index in [4.69, 9.17) is 10.2 Å². The molecule has 0 unspecified atom stereocenters. The van der Waals surface area contributed by atoms with Gasteiger partial charge in [0.05, 0.1) is 6.42 Å². The second-order valence-corrected chi connectivity index (χ2v) is 3.55. The summed E-state index contributed by atoms with van der Waals surface area (Å²) in [6.07, 6.45) is 0.405. The molecule has 0 radical (unpaired) electrons. The van der Waals surface area contributed by atoms with E-state index < -0.39 is 11.7 Å². The first kappa shape index (κ1) is 11.1. The number of hydrogen-bond donors (Lipinski definition) is 1. The molecule has 1 heterocycles. The molecular weight excluding hydrogens is 222 g/mol. The molecule has 0 fully saturated rings. The van der Waals surface area contributed by atoms with Crippen molar-refractivity contribution in [2.75, 3.05) is 0 Å². The van der Waals surface area contributed by atoms with E-state index in [9.17, 15) is 9.59 Å². The zero-order chi connectivity index (χ0) is 12.3. The molecule has 2 aromatic rings. The van der Waals surface area contributed by atoms with E-state index in [1.165, 1.54) is 0 Å². The van der Waals surface area contributed by atoms with Gasteiger partial charge in [-0.05, 0) is 5.56 Å². The van der Waals surface area contributed by atoms with Gasteiger partial charge >= 0.3 is 5.76 Å². The largest absolute Gasteiger partial charge is 0.437 e. The minimum atomic E-state index is -0.672. The highest BCUT2D eigenvalue weighted by Gasteiger charge is 2.10. The van der Waals surface area contributed by atoms with Crippen LogP contribution in [0.4, 0.5) is 0 Å². The molecule has 0 bridgehead atoms. The summed E-state index contributed by atoms with van der Waals surface area (Å²) in [7, 11) is 0. The number of carbonyl (C=O) groups excluding carboxylic acids is 1. The Morgan fingerprint density at radius 2 is 2.06 bits per heavy atom. The lowest BCUT2D eigenvalue weighted by molar-refractivity contribution is -0.118. The first-order chi connectivity index (χ1) is 8.15. The fourth-order valence-electron chi connectivity index (χ4n) is 1.44. The van der Waals surface area contributed by atoms with Crippen LogP contribution in [-0.4, -0.2) is 15.7 Å². The molecule has 0 saturated heterocycles. The van der Waals surface area contributed by atoms with E-state index in [1.807, 2.05) is 30.3 Å². The Labute approximate surface area is 96.7 Å². The van der Waals surface area contributed by atoms with Crippen LogP contribution in [-0.2, 0) is 17.8 Å². The standard InChI is InChI=1S/C11H11N3O3/c12-9(15)7-14-11(16)17-10(13-14)6-8-4-2-1-3-5-8/h1-5H,6-7H2,(H2,12,15). The topological polar surface area (TPSA) is 91.1 Å². The monoisotopic (exact) mass is 233 g/mol. The molecule has 17 heavy (non-hydrogen) atoms. The van der Waals surface area contributed by atoms with Crippen LogP contribution in [0, 0.1) is 0 Å². The highest BCUT2D eigenvalue weighted by Crippen LogP contribution is 2.04. The zero-order valence-corrected chi connectivity index (χ0v) is 9.00. The van der Waals surface area contributed by atoms with Crippen LogP contribution in [0.2, 0.25) is 0 Å². The maximum absolute atomic E-state index is 11.3. The minimum absolute atomic E-state index is 0.266. The van der Waals surface area contributed by atoms with Crippen molar-refractivity contribution in [2.24, 2.45) is 5.73 Å². The van der Waals surface area contributed by atoms with Crippen molar-refractivity contribution in [3.8, 4) is 0 Å². The first-order valence-electron chi connectivity index (χ1n) is 5.04. The molecule has 0 saturated carbocycles. The average molecular weight is 233 g/mol. The second-order valence-electron chi connectivity index (χ2n) is 3.55. The summed E-state index contributed by atoms with van der Waals surface area (Å²) in [6, 6.07) is 9.45. The predicted octanol–water partition coefficient (Wildman–Crippen LogP) is -0.0876. The Bertz CT molecular complexity index is 571. The molecule has 1 amide bonds. The van der Waals surface area contributed by atoms with Crippen molar-refractivity contribution in [2.45, 2.75) is 13.0 Å². The van der Waals surface area contributed by atoms with Gasteiger partial charge in [0.1, 0.15) is 6.54 Å². The van der Waals surface area contributed by atoms with Crippen LogP contribution in [0.15, 0.2) is 39.5 Å². The summed E-state index contributed by atoms with van der Waals surface area (Å²) < 4.78 is 5.83. The van der Waals surface area contributed by atoms with E-state index in [-0.39, 0.29) is 12.4 Å². The Balaban J connectivity index is 2.18. The van der Waals surface area contributed by atoms with Crippen LogP contribution in [0.5, 0.6) is 0 Å². The second kappa shape index (κ2) is 4.65. The molecule has 2 rings (SSSR count). The molecule has 6 heteroatoms. The van der Waals surface area contributed by atoms with Crippen LogP contribution < -0.4 is 11.5 Å². The molecule has 2 N–H and O–H groups in total. The molecular formula is C11H11N3O3. The lowest BCUT2D eigenvalue weighted by atomic mass is 10.2. The fourth-order valence-corrected chi connectivity index (χ4v) is 1.44. The van der Waals surface area contributed by atoms with Crippen molar-refractivity contribution in [3.05, 3.63) is 52.3 Å². The third-order valence-electron chi connectivity index (χ3n) is 2.15. The van der Waals surface area contributed by atoms with Crippen molar-refractivity contribution < 1.29 is 9.21 Å². The lowest BCUT2D eigenvalue weighted by Crippen LogP contribution is -2.26. The van der Waals surface area contributed by atoms with Gasteiger partial charge in [-0.15, -0.1) is 5.10 Å². The lowest BCUT2D eigenvalue weighted by Gasteiger charge is -1.94. The number of nitrogens with zero attached hydrogens (tertiary/aromatic N) is 2. The average Bonchev–Trinajstić information content (AvgIpc) is 2.59. The van der Waals surface area contributed by atoms with Gasteiger partial charge in [0.15, 0.2) is 0 Å². The number of nitrogens with two attached hydrogens (primary N) is 1. The smallest absolute Gasteiger partial charge is 0.392 e. The van der Waals surface area contributed by atoms with Gasteiger partial charge in [0, 0.05) is 0 Å². The molecule has 6 nitrogen and oxygen atoms in total. The molecule has 0 aliphatic heterocycles. The summed E-state index contributed by atoms with van der Waals surface area (Å²) >= 11 is 0. The van der Waals surface area contributed by atoms with Gasteiger partial charge < -0.3 is 10.2 Å². The number of amides is 1. The summed E-state index contributed by atoms with van der Waals surface area (Å²) in [5.74, 6) is -1.04. The summed E-state index contributed by atoms with van der Waals surface area (Å²) in [4.78, 5) is 22.0. The van der Waals surface area contributed by atoms with E-state index in [0.717, 1.165) is 10.2 Å². The Hall–Kier alpha value is -2.37. The number of rotatable bonds is 4. The molecule has 1 aromatic carbocycles. The Kier molecular flexibility index (Phi) is 3.04. The Morgan fingerprint density at radius 3 is 2.71 bits per heavy atom. The van der Waals surface area contributed by atoms with Crippen molar-refractivity contribution in [1.29, 1.82) is 0 Å². The van der Waals surface area contributed by atoms with Gasteiger partial charge in [0.2, 0.25) is 11.8 Å². The quantitative estimate of drug-likeness (QED) is 0.799. The van der Waals surface area contributed by atoms with Crippen LogP contribution in [0.3, 0.4) is 0 Å². The normalized spacial score (nSPS) is 10.4. The number of benzene rings is 1. The number of primary amides is 1. The predicted molar refractivity (Wildman–Crippen MR) is 59.2 cm³/mol. The van der Waals surface area contributed by atoms with Gasteiger partial charge in [-0.2, -0.15) is 4.68 Å². The van der Waals surface area contributed by atoms with Gasteiger partial charge in [-0.25, -0.2) is 4.79 Å². The summed E-state index contributed by atoms with van der Waals surface area (Å²) in [5.41, 5.74) is 5.95. The highest BCUT2D eigenvalue weighted by atomic mass is 16.4. The van der Waals surface area contributed by atoms with E-state index in [0.29, 0.717) is 6.42 Å². The SMILES string of the molecule is NC(=O)Cn1nc(Cc2ccccc2)oc1=O.